The number of carbonyl (C=O) groups excluding carboxylic acids is 1. The van der Waals surface area contributed by atoms with Gasteiger partial charge >= 0.3 is 0 Å². The van der Waals surface area contributed by atoms with Crippen molar-refractivity contribution >= 4 is 11.6 Å². The molecule has 0 aliphatic heterocycles. The molecule has 0 spiro atoms. The summed E-state index contributed by atoms with van der Waals surface area (Å²) < 4.78 is 11.0. The normalized spacial score (nSPS) is 11.2. The van der Waals surface area contributed by atoms with E-state index in [1.54, 1.807) is 25.3 Å². The average Bonchev–Trinajstić information content (AvgIpc) is 2.39. The smallest absolute Gasteiger partial charge is 0.255 e. The molecule has 1 rings (SSSR count). The van der Waals surface area contributed by atoms with Gasteiger partial charge < -0.3 is 20.5 Å². The summed E-state index contributed by atoms with van der Waals surface area (Å²) >= 11 is 0. The lowest BCUT2D eigenvalue weighted by atomic mass is 10.1. The van der Waals surface area contributed by atoms with Gasteiger partial charge in [-0.25, -0.2) is 0 Å². The second-order valence-electron chi connectivity index (χ2n) is 5.18. The Morgan fingerprint density at radius 2 is 2.10 bits per heavy atom. The third kappa shape index (κ3) is 4.74. The van der Waals surface area contributed by atoms with E-state index in [-0.39, 0.29) is 11.5 Å². The number of ether oxygens (including phenoxy) is 2. The van der Waals surface area contributed by atoms with E-state index in [4.69, 9.17) is 15.2 Å². The predicted molar refractivity (Wildman–Crippen MR) is 80.1 cm³/mol. The van der Waals surface area contributed by atoms with E-state index in [0.29, 0.717) is 36.6 Å². The summed E-state index contributed by atoms with van der Waals surface area (Å²) in [7, 11) is 1.67. The molecule has 20 heavy (non-hydrogen) atoms. The molecule has 0 radical (unpaired) electrons. The Balaban J connectivity index is 2.77. The molecule has 0 aliphatic rings. The summed E-state index contributed by atoms with van der Waals surface area (Å²) in [6.07, 6.45) is 0.715. The minimum Gasteiger partial charge on any atom is -0.493 e. The number of anilines is 1. The van der Waals surface area contributed by atoms with Gasteiger partial charge in [0.05, 0.1) is 17.8 Å². The third-order valence-electron chi connectivity index (χ3n) is 3.10. The Labute approximate surface area is 120 Å². The molecule has 1 amide bonds. The lowest BCUT2D eigenvalue weighted by Crippen LogP contribution is -2.26. The van der Waals surface area contributed by atoms with Crippen LogP contribution in [0.5, 0.6) is 5.75 Å². The highest BCUT2D eigenvalue weighted by Crippen LogP contribution is 2.23. The van der Waals surface area contributed by atoms with E-state index in [2.05, 4.69) is 5.32 Å². The van der Waals surface area contributed by atoms with E-state index < -0.39 is 0 Å². The fourth-order valence-corrected chi connectivity index (χ4v) is 1.61. The molecule has 0 saturated carbocycles. The number of amides is 1. The summed E-state index contributed by atoms with van der Waals surface area (Å²) in [4.78, 5) is 11.9. The summed E-state index contributed by atoms with van der Waals surface area (Å²) in [5.41, 5.74) is 6.56. The molecule has 1 aromatic carbocycles. The quantitative estimate of drug-likeness (QED) is 0.751. The second-order valence-corrected chi connectivity index (χ2v) is 5.18. The SMILES string of the molecule is CCNC(=O)c1ccc(N)cc1OCCC(C)(C)OC. The molecular formula is C15H24N2O3. The van der Waals surface area contributed by atoms with E-state index in [1.807, 2.05) is 20.8 Å². The molecule has 0 unspecified atom stereocenters. The first-order valence-electron chi connectivity index (χ1n) is 6.75. The Bertz CT molecular complexity index is 458. The van der Waals surface area contributed by atoms with E-state index in [0.717, 1.165) is 0 Å². The number of nitrogens with two attached hydrogens (primary N) is 1. The molecule has 0 atom stereocenters. The van der Waals surface area contributed by atoms with Crippen molar-refractivity contribution < 1.29 is 14.3 Å². The van der Waals surface area contributed by atoms with Crippen molar-refractivity contribution in [2.24, 2.45) is 0 Å². The number of rotatable bonds is 7. The van der Waals surface area contributed by atoms with Crippen LogP contribution in [-0.4, -0.2) is 31.8 Å². The van der Waals surface area contributed by atoms with Crippen LogP contribution in [0.2, 0.25) is 0 Å². The lowest BCUT2D eigenvalue weighted by molar-refractivity contribution is 0.00542. The van der Waals surface area contributed by atoms with Crippen LogP contribution in [-0.2, 0) is 4.74 Å². The van der Waals surface area contributed by atoms with Crippen molar-refractivity contribution in [3.8, 4) is 5.75 Å². The first-order valence-corrected chi connectivity index (χ1v) is 6.75. The van der Waals surface area contributed by atoms with Crippen molar-refractivity contribution in [2.45, 2.75) is 32.8 Å². The predicted octanol–water partition coefficient (Wildman–Crippen LogP) is 2.21. The Kier molecular flexibility index (Phi) is 5.82. The molecule has 0 fully saturated rings. The number of methoxy groups -OCH3 is 1. The monoisotopic (exact) mass is 280 g/mol. The highest BCUT2D eigenvalue weighted by atomic mass is 16.5. The molecule has 5 nitrogen and oxygen atoms in total. The molecule has 1 aromatic rings. The largest absolute Gasteiger partial charge is 0.493 e. The Morgan fingerprint density at radius 3 is 2.70 bits per heavy atom. The molecule has 0 aliphatic carbocycles. The number of benzene rings is 1. The number of nitrogens with one attached hydrogen (secondary N) is 1. The zero-order valence-electron chi connectivity index (χ0n) is 12.7. The van der Waals surface area contributed by atoms with Gasteiger partial charge in [-0.05, 0) is 32.9 Å². The zero-order chi connectivity index (χ0) is 15.2. The topological polar surface area (TPSA) is 73.6 Å². The van der Waals surface area contributed by atoms with Crippen molar-refractivity contribution in [3.63, 3.8) is 0 Å². The summed E-state index contributed by atoms with van der Waals surface area (Å²) in [6, 6.07) is 5.04. The van der Waals surface area contributed by atoms with Crippen molar-refractivity contribution in [1.29, 1.82) is 0 Å². The van der Waals surface area contributed by atoms with Gasteiger partial charge in [-0.15, -0.1) is 0 Å². The van der Waals surface area contributed by atoms with Gasteiger partial charge in [-0.3, -0.25) is 4.79 Å². The molecule has 112 valence electrons. The van der Waals surface area contributed by atoms with Crippen LogP contribution in [0.3, 0.4) is 0 Å². The summed E-state index contributed by atoms with van der Waals surface area (Å²) in [5.74, 6) is 0.344. The van der Waals surface area contributed by atoms with Gasteiger partial charge in [0.2, 0.25) is 0 Å². The van der Waals surface area contributed by atoms with Crippen molar-refractivity contribution in [2.75, 3.05) is 26.0 Å². The fraction of sp³-hybridized carbons (Fsp3) is 0.533. The summed E-state index contributed by atoms with van der Waals surface area (Å²) in [6.45, 7) is 6.87. The first kappa shape index (κ1) is 16.3. The minimum absolute atomic E-state index is 0.159. The van der Waals surface area contributed by atoms with Crippen molar-refractivity contribution in [3.05, 3.63) is 23.8 Å². The lowest BCUT2D eigenvalue weighted by Gasteiger charge is -2.23. The second kappa shape index (κ2) is 7.14. The van der Waals surface area contributed by atoms with Gasteiger partial charge in [0, 0.05) is 31.8 Å². The van der Waals surface area contributed by atoms with E-state index in [1.165, 1.54) is 0 Å². The number of carbonyl (C=O) groups is 1. The Hall–Kier alpha value is -1.75. The maximum absolute atomic E-state index is 11.9. The van der Waals surface area contributed by atoms with Crippen LogP contribution >= 0.6 is 0 Å². The fourth-order valence-electron chi connectivity index (χ4n) is 1.61. The van der Waals surface area contributed by atoms with Crippen LogP contribution in [0.1, 0.15) is 37.6 Å². The average molecular weight is 280 g/mol. The third-order valence-corrected chi connectivity index (χ3v) is 3.10. The van der Waals surface area contributed by atoms with Crippen LogP contribution in [0, 0.1) is 0 Å². The molecular weight excluding hydrogens is 256 g/mol. The van der Waals surface area contributed by atoms with Crippen LogP contribution < -0.4 is 15.8 Å². The zero-order valence-corrected chi connectivity index (χ0v) is 12.7. The van der Waals surface area contributed by atoms with Crippen LogP contribution in [0.15, 0.2) is 18.2 Å². The van der Waals surface area contributed by atoms with Crippen molar-refractivity contribution in [1.82, 2.24) is 5.32 Å². The van der Waals surface area contributed by atoms with Gasteiger partial charge in [0.25, 0.3) is 5.91 Å². The van der Waals surface area contributed by atoms with Gasteiger partial charge in [0.15, 0.2) is 0 Å². The van der Waals surface area contributed by atoms with E-state index in [9.17, 15) is 4.79 Å². The van der Waals surface area contributed by atoms with Gasteiger partial charge in [-0.2, -0.15) is 0 Å². The summed E-state index contributed by atoms with van der Waals surface area (Å²) in [5, 5.41) is 2.76. The van der Waals surface area contributed by atoms with Crippen LogP contribution in [0.4, 0.5) is 5.69 Å². The number of nitrogen functional groups attached to an aromatic ring is 1. The molecule has 5 heteroatoms. The number of hydrogen-bond acceptors (Lipinski definition) is 4. The molecule has 0 aromatic heterocycles. The standard InChI is InChI=1S/C15H24N2O3/c1-5-17-14(18)12-7-6-11(16)10-13(12)20-9-8-15(2,3)19-4/h6-7,10H,5,8-9,16H2,1-4H3,(H,17,18). The highest BCUT2D eigenvalue weighted by Gasteiger charge is 2.17. The molecule has 0 bridgehead atoms. The molecule has 0 heterocycles. The minimum atomic E-state index is -0.258. The van der Waals surface area contributed by atoms with Gasteiger partial charge in [0.1, 0.15) is 5.75 Å². The van der Waals surface area contributed by atoms with Crippen LogP contribution in [0.25, 0.3) is 0 Å². The Morgan fingerprint density at radius 1 is 1.40 bits per heavy atom. The first-order chi connectivity index (χ1) is 9.39. The maximum Gasteiger partial charge on any atom is 0.255 e. The number of hydrogen-bond donors (Lipinski definition) is 2. The molecule has 3 N–H and O–H groups in total. The maximum atomic E-state index is 11.9. The van der Waals surface area contributed by atoms with Gasteiger partial charge in [-0.1, -0.05) is 0 Å². The molecule has 0 saturated heterocycles. The van der Waals surface area contributed by atoms with E-state index >= 15 is 0 Å². The highest BCUT2D eigenvalue weighted by molar-refractivity contribution is 5.97.